The lowest BCUT2D eigenvalue weighted by molar-refractivity contribution is -0.160. The first-order valence-electron chi connectivity index (χ1n) is 8.31. The van der Waals surface area contributed by atoms with Gasteiger partial charge in [-0.3, -0.25) is 9.00 Å². The van der Waals surface area contributed by atoms with E-state index in [9.17, 15) is 18.9 Å². The van der Waals surface area contributed by atoms with Gasteiger partial charge in [0.2, 0.25) is 0 Å². The van der Waals surface area contributed by atoms with Crippen molar-refractivity contribution in [2.45, 2.75) is 39.0 Å². The van der Waals surface area contributed by atoms with Crippen LogP contribution in [0.25, 0.3) is 0 Å². The summed E-state index contributed by atoms with van der Waals surface area (Å²) in [6.07, 6.45) is 2.19. The topological polar surface area (TPSA) is 95.5 Å². The minimum absolute atomic E-state index is 0.109. The van der Waals surface area contributed by atoms with Crippen LogP contribution in [0.3, 0.4) is 0 Å². The predicted molar refractivity (Wildman–Crippen MR) is 98.8 cm³/mol. The van der Waals surface area contributed by atoms with E-state index in [2.05, 4.69) is 10.6 Å². The van der Waals surface area contributed by atoms with E-state index in [-0.39, 0.29) is 29.3 Å². The molecule has 2 amide bonds. The fraction of sp³-hybridized carbons (Fsp3) is 0.556. The van der Waals surface area contributed by atoms with Gasteiger partial charge in [0.15, 0.2) is 0 Å². The third kappa shape index (κ3) is 4.39. The van der Waals surface area contributed by atoms with E-state index in [0.717, 1.165) is 5.56 Å². The number of amides is 2. The summed E-state index contributed by atoms with van der Waals surface area (Å²) in [6.45, 7) is 5.76. The maximum Gasteiger partial charge on any atom is 0.319 e. The van der Waals surface area contributed by atoms with Gasteiger partial charge in [0, 0.05) is 28.8 Å². The Labute approximate surface area is 150 Å². The van der Waals surface area contributed by atoms with E-state index in [4.69, 9.17) is 0 Å². The Morgan fingerprint density at radius 1 is 1.36 bits per heavy atom. The Bertz CT molecular complexity index is 689. The highest BCUT2D eigenvalue weighted by Gasteiger charge is 2.53. The minimum Gasteiger partial charge on any atom is -0.481 e. The molecule has 0 aromatic heterocycles. The number of aliphatic carboxylic acids is 1. The first-order chi connectivity index (χ1) is 11.6. The predicted octanol–water partition coefficient (Wildman–Crippen LogP) is 2.82. The van der Waals surface area contributed by atoms with E-state index in [1.54, 1.807) is 12.3 Å². The van der Waals surface area contributed by atoms with Gasteiger partial charge in [-0.25, -0.2) is 4.79 Å². The number of para-hydroxylation sites is 1. The molecule has 2 unspecified atom stereocenters. The molecular formula is C18H26N2O4S. The standard InChI is InChI=1S/C18H26N2O4S/c1-11(13-9-14(16(21)22)18(13,2)3)19-17(23)20-15-8-6-5-7-12(15)10-25(4)24/h5-8,11,13-14H,9-10H2,1-4H3,(H,21,22)(H2,19,20,23)/t11?,13-,14+,25?/m0/s1. The van der Waals surface area contributed by atoms with Crippen molar-refractivity contribution in [2.75, 3.05) is 11.6 Å². The molecule has 7 heteroatoms. The van der Waals surface area contributed by atoms with Crippen LogP contribution in [0, 0.1) is 17.3 Å². The summed E-state index contributed by atoms with van der Waals surface area (Å²) in [5, 5.41) is 14.9. The van der Waals surface area contributed by atoms with E-state index < -0.39 is 16.8 Å². The molecule has 0 bridgehead atoms. The maximum absolute atomic E-state index is 12.3. The Morgan fingerprint density at radius 3 is 2.56 bits per heavy atom. The zero-order chi connectivity index (χ0) is 18.8. The molecule has 1 fully saturated rings. The third-order valence-electron chi connectivity index (χ3n) is 5.23. The number of carbonyl (C=O) groups is 2. The molecule has 138 valence electrons. The van der Waals surface area contributed by atoms with E-state index in [0.29, 0.717) is 17.9 Å². The second-order valence-electron chi connectivity index (χ2n) is 7.32. The second-order valence-corrected chi connectivity index (χ2v) is 8.75. The lowest BCUT2D eigenvalue weighted by Gasteiger charge is -2.52. The lowest BCUT2D eigenvalue weighted by atomic mass is 9.53. The fourth-order valence-corrected chi connectivity index (χ4v) is 4.37. The van der Waals surface area contributed by atoms with Crippen molar-refractivity contribution in [1.82, 2.24) is 5.32 Å². The molecule has 1 aromatic carbocycles. The number of carboxylic acids is 1. The number of benzene rings is 1. The molecule has 4 atom stereocenters. The average molecular weight is 366 g/mol. The Hall–Kier alpha value is -1.89. The highest BCUT2D eigenvalue weighted by atomic mass is 32.2. The lowest BCUT2D eigenvalue weighted by Crippen LogP contribution is -2.57. The minimum atomic E-state index is -0.998. The summed E-state index contributed by atoms with van der Waals surface area (Å²) in [5.74, 6) is -0.663. The van der Waals surface area contributed by atoms with Gasteiger partial charge in [-0.05, 0) is 36.3 Å². The van der Waals surface area contributed by atoms with E-state index in [1.807, 2.05) is 39.0 Å². The molecule has 25 heavy (non-hydrogen) atoms. The number of nitrogens with one attached hydrogen (secondary N) is 2. The maximum atomic E-state index is 12.3. The zero-order valence-corrected chi connectivity index (χ0v) is 15.9. The van der Waals surface area contributed by atoms with Crippen LogP contribution in [0.1, 0.15) is 32.8 Å². The number of hydrogen-bond donors (Lipinski definition) is 3. The van der Waals surface area contributed by atoms with Crippen molar-refractivity contribution >= 4 is 28.5 Å². The summed E-state index contributed by atoms with van der Waals surface area (Å²) >= 11 is 0. The van der Waals surface area contributed by atoms with E-state index in [1.165, 1.54) is 0 Å². The quantitative estimate of drug-likeness (QED) is 0.721. The molecule has 0 heterocycles. The van der Waals surface area contributed by atoms with E-state index >= 15 is 0 Å². The van der Waals surface area contributed by atoms with Crippen LogP contribution in [0.15, 0.2) is 24.3 Å². The number of carboxylic acid groups (broad SMARTS) is 1. The fourth-order valence-electron chi connectivity index (χ4n) is 3.68. The largest absolute Gasteiger partial charge is 0.481 e. The van der Waals surface area contributed by atoms with Crippen LogP contribution in [0.5, 0.6) is 0 Å². The number of hydrogen-bond acceptors (Lipinski definition) is 3. The van der Waals surface area contributed by atoms with Gasteiger partial charge in [-0.15, -0.1) is 0 Å². The molecule has 1 aliphatic carbocycles. The Kier molecular flexibility index (Phi) is 5.87. The Balaban J connectivity index is 1.97. The summed E-state index contributed by atoms with van der Waals surface area (Å²) in [7, 11) is -0.998. The highest BCUT2D eigenvalue weighted by molar-refractivity contribution is 7.83. The molecule has 1 saturated carbocycles. The summed E-state index contributed by atoms with van der Waals surface area (Å²) in [5.41, 5.74) is 1.11. The normalized spacial score (nSPS) is 23.8. The van der Waals surface area contributed by atoms with Crippen LogP contribution in [0.4, 0.5) is 10.5 Å². The molecule has 2 rings (SSSR count). The van der Waals surface area contributed by atoms with Gasteiger partial charge < -0.3 is 15.7 Å². The van der Waals surface area contributed by atoms with Gasteiger partial charge in [0.1, 0.15) is 0 Å². The molecular weight excluding hydrogens is 340 g/mol. The molecule has 0 radical (unpaired) electrons. The monoisotopic (exact) mass is 366 g/mol. The van der Waals surface area contributed by atoms with Crippen molar-refractivity contribution < 1.29 is 18.9 Å². The van der Waals surface area contributed by atoms with Crippen LogP contribution in [0.2, 0.25) is 0 Å². The van der Waals surface area contributed by atoms with Crippen LogP contribution in [-0.4, -0.2) is 33.6 Å². The summed E-state index contributed by atoms with van der Waals surface area (Å²) in [6, 6.07) is 6.80. The molecule has 0 aliphatic heterocycles. The second kappa shape index (κ2) is 7.56. The van der Waals surface area contributed by atoms with Crippen LogP contribution >= 0.6 is 0 Å². The molecule has 1 aliphatic rings. The van der Waals surface area contributed by atoms with Gasteiger partial charge >= 0.3 is 12.0 Å². The summed E-state index contributed by atoms with van der Waals surface area (Å²) < 4.78 is 11.5. The number of rotatable bonds is 6. The molecule has 1 aromatic rings. The highest BCUT2D eigenvalue weighted by Crippen LogP contribution is 2.52. The van der Waals surface area contributed by atoms with Gasteiger partial charge in [0.25, 0.3) is 0 Å². The van der Waals surface area contributed by atoms with Gasteiger partial charge in [-0.2, -0.15) is 0 Å². The van der Waals surface area contributed by atoms with Crippen molar-refractivity contribution in [3.63, 3.8) is 0 Å². The molecule has 0 saturated heterocycles. The van der Waals surface area contributed by atoms with Crippen molar-refractivity contribution in [2.24, 2.45) is 17.3 Å². The number of anilines is 1. The Morgan fingerprint density at radius 2 is 2.00 bits per heavy atom. The summed E-state index contributed by atoms with van der Waals surface area (Å²) in [4.78, 5) is 23.5. The van der Waals surface area contributed by atoms with Crippen LogP contribution in [-0.2, 0) is 21.3 Å². The number of urea groups is 1. The number of carbonyl (C=O) groups excluding carboxylic acids is 1. The molecule has 6 nitrogen and oxygen atoms in total. The third-order valence-corrected chi connectivity index (χ3v) is 5.95. The molecule has 0 spiro atoms. The van der Waals surface area contributed by atoms with Gasteiger partial charge in [0.05, 0.1) is 11.7 Å². The SMILES string of the molecule is CC(NC(=O)Nc1ccccc1CS(C)=O)[C@@H]1C[C@H](C(=O)O)C1(C)C. The van der Waals surface area contributed by atoms with Crippen molar-refractivity contribution in [1.29, 1.82) is 0 Å². The van der Waals surface area contributed by atoms with Crippen molar-refractivity contribution in [3.8, 4) is 0 Å². The first-order valence-corrected chi connectivity index (χ1v) is 10.0. The first kappa shape index (κ1) is 19.4. The van der Waals surface area contributed by atoms with Gasteiger partial charge in [-0.1, -0.05) is 32.0 Å². The average Bonchev–Trinajstić information content (AvgIpc) is 2.47. The molecule has 3 N–H and O–H groups in total. The zero-order valence-electron chi connectivity index (χ0n) is 15.0. The van der Waals surface area contributed by atoms with Crippen molar-refractivity contribution in [3.05, 3.63) is 29.8 Å². The van der Waals surface area contributed by atoms with Crippen LogP contribution < -0.4 is 10.6 Å². The smallest absolute Gasteiger partial charge is 0.319 e.